The molecule has 2 atom stereocenters. The minimum absolute atomic E-state index is 0.529. The predicted molar refractivity (Wildman–Crippen MR) is 142 cm³/mol. The average molecular weight is 433 g/mol. The maximum absolute atomic E-state index is 4.17. The zero-order valence-corrected chi connectivity index (χ0v) is 22.1. The van der Waals surface area contributed by atoms with Crippen molar-refractivity contribution >= 4 is 0 Å². The van der Waals surface area contributed by atoms with E-state index < -0.39 is 0 Å². The van der Waals surface area contributed by atoms with Crippen molar-refractivity contribution < 1.29 is 0 Å². The number of rotatable bonds is 9. The van der Waals surface area contributed by atoms with Crippen LogP contribution in [-0.2, 0) is 6.42 Å². The summed E-state index contributed by atoms with van der Waals surface area (Å²) in [6.45, 7) is 20.7. The highest BCUT2D eigenvalue weighted by molar-refractivity contribution is 5.42. The summed E-state index contributed by atoms with van der Waals surface area (Å²) in [4.78, 5) is 0. The van der Waals surface area contributed by atoms with Crippen LogP contribution in [0.5, 0.6) is 0 Å². The van der Waals surface area contributed by atoms with Crippen molar-refractivity contribution in [1.82, 2.24) is 0 Å². The van der Waals surface area contributed by atoms with E-state index in [-0.39, 0.29) is 0 Å². The lowest BCUT2D eigenvalue weighted by Crippen LogP contribution is -2.26. The van der Waals surface area contributed by atoms with E-state index >= 15 is 0 Å². The Hall–Kier alpha value is -1.56. The first-order chi connectivity index (χ1) is 15.0. The van der Waals surface area contributed by atoms with Crippen molar-refractivity contribution in [2.45, 2.75) is 112 Å². The van der Waals surface area contributed by atoms with Crippen molar-refractivity contribution in [1.29, 1.82) is 0 Å². The van der Waals surface area contributed by atoms with E-state index in [9.17, 15) is 0 Å². The lowest BCUT2D eigenvalue weighted by Gasteiger charge is -2.39. The Balaban J connectivity index is 1.96. The number of hydrogen-bond acceptors (Lipinski definition) is 0. The molecule has 0 nitrogen and oxygen atoms in total. The topological polar surface area (TPSA) is 0 Å². The van der Waals surface area contributed by atoms with Gasteiger partial charge in [0.2, 0.25) is 0 Å². The van der Waals surface area contributed by atoms with Gasteiger partial charge in [-0.3, -0.25) is 0 Å². The van der Waals surface area contributed by atoms with Gasteiger partial charge in [0.25, 0.3) is 0 Å². The molecule has 2 aliphatic carbocycles. The van der Waals surface area contributed by atoms with Crippen molar-refractivity contribution in [3.05, 3.63) is 70.3 Å². The average Bonchev–Trinajstić information content (AvgIpc) is 3.10. The largest absolute Gasteiger partial charge is 0.100 e. The van der Waals surface area contributed by atoms with E-state index in [2.05, 4.69) is 85.4 Å². The summed E-state index contributed by atoms with van der Waals surface area (Å²) < 4.78 is 0. The first-order valence-corrected chi connectivity index (χ1v) is 13.2. The Morgan fingerprint density at radius 3 is 2.38 bits per heavy atom. The molecular formula is C32H48. The Morgan fingerprint density at radius 1 is 1.12 bits per heavy atom. The Bertz CT molecular complexity index is 850. The van der Waals surface area contributed by atoms with E-state index in [1.54, 1.807) is 16.7 Å². The molecule has 2 aliphatic rings. The fourth-order valence-corrected chi connectivity index (χ4v) is 6.09. The molecule has 0 saturated heterocycles. The molecule has 1 unspecified atom stereocenters. The van der Waals surface area contributed by atoms with Gasteiger partial charge in [-0.25, -0.2) is 0 Å². The maximum atomic E-state index is 4.17. The van der Waals surface area contributed by atoms with Gasteiger partial charge in [-0.15, -0.1) is 6.58 Å². The van der Waals surface area contributed by atoms with Crippen molar-refractivity contribution in [2.24, 2.45) is 17.3 Å². The highest BCUT2D eigenvalue weighted by atomic mass is 14.4. The molecule has 0 bridgehead atoms. The molecule has 0 spiro atoms. The van der Waals surface area contributed by atoms with Crippen LogP contribution in [0, 0.1) is 17.3 Å². The maximum Gasteiger partial charge on any atom is -0.00578 e. The summed E-state index contributed by atoms with van der Waals surface area (Å²) in [6, 6.07) is 7.54. The van der Waals surface area contributed by atoms with Gasteiger partial charge in [-0.2, -0.15) is 0 Å². The minimum atomic E-state index is 0.529. The van der Waals surface area contributed by atoms with Gasteiger partial charge in [-0.05, 0) is 111 Å². The second-order valence-corrected chi connectivity index (χ2v) is 12.4. The fourth-order valence-electron chi connectivity index (χ4n) is 6.09. The van der Waals surface area contributed by atoms with Crippen LogP contribution in [0.2, 0.25) is 0 Å². The van der Waals surface area contributed by atoms with Crippen molar-refractivity contribution in [3.8, 4) is 0 Å². The molecule has 32 heavy (non-hydrogen) atoms. The monoisotopic (exact) mass is 432 g/mol. The van der Waals surface area contributed by atoms with E-state index in [1.165, 1.54) is 48.8 Å². The fraction of sp³-hybridized carbons (Fsp3) is 0.625. The third kappa shape index (κ3) is 6.72. The smallest absolute Gasteiger partial charge is 0.00578 e. The number of hydrogen-bond donors (Lipinski definition) is 0. The van der Waals surface area contributed by atoms with E-state index in [4.69, 9.17) is 0 Å². The molecule has 0 aliphatic heterocycles. The summed E-state index contributed by atoms with van der Waals surface area (Å²) in [5.74, 6) is 2.80. The molecule has 0 radical (unpaired) electrons. The molecule has 176 valence electrons. The summed E-state index contributed by atoms with van der Waals surface area (Å²) in [5, 5.41) is 0. The number of allylic oxidation sites excluding steroid dienone is 5. The molecule has 3 rings (SSSR count). The highest BCUT2D eigenvalue weighted by Gasteiger charge is 2.33. The molecule has 1 fully saturated rings. The van der Waals surface area contributed by atoms with Crippen LogP contribution in [-0.4, -0.2) is 0 Å². The molecular weight excluding hydrogens is 384 g/mol. The Labute approximate surface area is 199 Å². The van der Waals surface area contributed by atoms with Gasteiger partial charge in [0.15, 0.2) is 0 Å². The molecule has 0 heterocycles. The molecule has 1 aromatic rings. The second kappa shape index (κ2) is 10.6. The molecule has 0 heteroatoms. The van der Waals surface area contributed by atoms with Crippen LogP contribution in [0.3, 0.4) is 0 Å². The normalized spacial score (nSPS) is 20.8. The van der Waals surface area contributed by atoms with Gasteiger partial charge in [-0.1, -0.05) is 81.7 Å². The van der Waals surface area contributed by atoms with Gasteiger partial charge in [0.05, 0.1) is 0 Å². The van der Waals surface area contributed by atoms with Crippen LogP contribution in [0.4, 0.5) is 0 Å². The lowest BCUT2D eigenvalue weighted by molar-refractivity contribution is 0.164. The lowest BCUT2D eigenvalue weighted by atomic mass is 9.66. The Morgan fingerprint density at radius 2 is 1.81 bits per heavy atom. The van der Waals surface area contributed by atoms with Gasteiger partial charge in [0.1, 0.15) is 0 Å². The van der Waals surface area contributed by atoms with Crippen molar-refractivity contribution in [2.75, 3.05) is 0 Å². The van der Waals surface area contributed by atoms with Crippen LogP contribution >= 0.6 is 0 Å². The molecule has 0 N–H and O–H groups in total. The number of benzene rings is 1. The standard InChI is InChI=1S/C32H48/c1-22(2)17-25(6)28-11-12-30(29(21-28)20-26-10-9-24(5)19-26)31(18-23(3)4)27-13-15-32(7,8)16-14-27/h9,11-12,19,21,23,25,27,31H,1,10,13-18,20H2,2-8H3/t25-,31?/m1/s1. The van der Waals surface area contributed by atoms with Crippen molar-refractivity contribution in [3.63, 3.8) is 0 Å². The molecule has 0 aromatic heterocycles. The van der Waals surface area contributed by atoms with Crippen LogP contribution in [0.15, 0.2) is 53.6 Å². The second-order valence-electron chi connectivity index (χ2n) is 12.4. The quantitative estimate of drug-likeness (QED) is 0.340. The van der Waals surface area contributed by atoms with Crippen LogP contribution in [0.1, 0.15) is 122 Å². The third-order valence-corrected chi connectivity index (χ3v) is 8.00. The third-order valence-electron chi connectivity index (χ3n) is 8.00. The predicted octanol–water partition coefficient (Wildman–Crippen LogP) is 9.92. The molecule has 1 aromatic carbocycles. The van der Waals surface area contributed by atoms with E-state index in [1.807, 2.05) is 0 Å². The first-order valence-electron chi connectivity index (χ1n) is 13.2. The summed E-state index contributed by atoms with van der Waals surface area (Å²) in [5.41, 5.74) is 9.57. The molecule has 0 amide bonds. The zero-order valence-electron chi connectivity index (χ0n) is 22.1. The van der Waals surface area contributed by atoms with Crippen LogP contribution < -0.4 is 0 Å². The van der Waals surface area contributed by atoms with E-state index in [0.717, 1.165) is 31.1 Å². The van der Waals surface area contributed by atoms with Gasteiger partial charge >= 0.3 is 0 Å². The molecule has 1 saturated carbocycles. The summed E-state index contributed by atoms with van der Waals surface area (Å²) in [7, 11) is 0. The first kappa shape index (κ1) is 25.1. The SMILES string of the molecule is C=C(C)C[C@@H](C)c1ccc(C(CC(C)C)C2CCC(C)(C)CC2)c(CC2=CC(C)=CC2)c1. The van der Waals surface area contributed by atoms with E-state index in [0.29, 0.717) is 17.3 Å². The Kier molecular flexibility index (Phi) is 8.29. The summed E-state index contributed by atoms with van der Waals surface area (Å²) >= 11 is 0. The summed E-state index contributed by atoms with van der Waals surface area (Å²) in [6.07, 6.45) is 15.0. The minimum Gasteiger partial charge on any atom is -0.100 e. The highest BCUT2D eigenvalue weighted by Crippen LogP contribution is 2.47. The van der Waals surface area contributed by atoms with Gasteiger partial charge < -0.3 is 0 Å². The van der Waals surface area contributed by atoms with Gasteiger partial charge in [0, 0.05) is 0 Å². The van der Waals surface area contributed by atoms with Crippen LogP contribution in [0.25, 0.3) is 0 Å². The zero-order chi connectivity index (χ0) is 23.5.